The van der Waals surface area contributed by atoms with Crippen molar-refractivity contribution in [2.75, 3.05) is 11.4 Å². The molecule has 1 fully saturated rings. The van der Waals surface area contributed by atoms with Crippen LogP contribution in [-0.2, 0) is 0 Å². The quantitative estimate of drug-likeness (QED) is 0.873. The monoisotopic (exact) mass is 341 g/mol. The van der Waals surface area contributed by atoms with Gasteiger partial charge < -0.3 is 15.7 Å². The van der Waals surface area contributed by atoms with Crippen LogP contribution in [0.1, 0.15) is 32.0 Å². The van der Waals surface area contributed by atoms with Gasteiger partial charge in [0.2, 0.25) is 11.7 Å². The first-order chi connectivity index (χ1) is 11.4. The number of aliphatic imine (C=N–C) groups is 1. The summed E-state index contributed by atoms with van der Waals surface area (Å²) >= 11 is 1.44. The van der Waals surface area contributed by atoms with Crippen molar-refractivity contribution in [1.82, 2.24) is 0 Å². The number of primary amides is 1. The van der Waals surface area contributed by atoms with E-state index in [1.165, 1.54) is 11.3 Å². The minimum atomic E-state index is -1.58. The lowest BCUT2D eigenvalue weighted by Gasteiger charge is -2.28. The number of amides is 1. The summed E-state index contributed by atoms with van der Waals surface area (Å²) in [4.78, 5) is 31.3. The zero-order valence-electron chi connectivity index (χ0n) is 12.9. The molecule has 0 spiro atoms. The standard InChI is InChI=1S/C17H15N3O3S/c1-9-8-12-13(21)17(23)6-7-20(16(17)19-15(12)24-9)11-4-2-10(3-5-11)14(18)22/h2-5,8,23H,6-7H2,1H3,(H2,18,22). The highest BCUT2D eigenvalue weighted by Gasteiger charge is 2.52. The largest absolute Gasteiger partial charge is 0.374 e. The van der Waals surface area contributed by atoms with E-state index in [-0.39, 0.29) is 12.2 Å². The summed E-state index contributed by atoms with van der Waals surface area (Å²) in [5, 5.41) is 11.6. The van der Waals surface area contributed by atoms with Crippen LogP contribution >= 0.6 is 11.3 Å². The molecule has 7 heteroatoms. The average molecular weight is 341 g/mol. The number of thiophene rings is 1. The number of Topliss-reactive ketones (excluding diaryl/α,β-unsaturated/α-hetero) is 1. The van der Waals surface area contributed by atoms with Crippen LogP contribution in [0.15, 0.2) is 35.3 Å². The summed E-state index contributed by atoms with van der Waals surface area (Å²) in [7, 11) is 0. The second kappa shape index (κ2) is 4.99. The van der Waals surface area contributed by atoms with Crippen LogP contribution in [0.25, 0.3) is 0 Å². The number of anilines is 1. The number of benzene rings is 1. The van der Waals surface area contributed by atoms with E-state index >= 15 is 0 Å². The van der Waals surface area contributed by atoms with Crippen molar-refractivity contribution in [3.05, 3.63) is 46.3 Å². The van der Waals surface area contributed by atoms with Crippen molar-refractivity contribution in [3.63, 3.8) is 0 Å². The Morgan fingerprint density at radius 3 is 2.75 bits per heavy atom. The third-order valence-electron chi connectivity index (χ3n) is 4.45. The Morgan fingerprint density at radius 2 is 2.08 bits per heavy atom. The summed E-state index contributed by atoms with van der Waals surface area (Å²) in [5.41, 5.74) is 5.34. The Kier molecular flexibility index (Phi) is 3.13. The summed E-state index contributed by atoms with van der Waals surface area (Å²) in [6.45, 7) is 2.39. The smallest absolute Gasteiger partial charge is 0.248 e. The van der Waals surface area contributed by atoms with Gasteiger partial charge in [0, 0.05) is 29.1 Å². The molecule has 1 unspecified atom stereocenters. The normalized spacial score (nSPS) is 22.2. The molecular formula is C17H15N3O3S. The molecular weight excluding hydrogens is 326 g/mol. The van der Waals surface area contributed by atoms with Crippen molar-refractivity contribution < 1.29 is 14.7 Å². The number of rotatable bonds is 2. The number of nitrogens with zero attached hydrogens (tertiary/aromatic N) is 2. The molecule has 3 heterocycles. The van der Waals surface area contributed by atoms with Gasteiger partial charge in [-0.15, -0.1) is 11.3 Å². The van der Waals surface area contributed by atoms with E-state index in [1.54, 1.807) is 30.3 Å². The molecule has 0 aliphatic carbocycles. The van der Waals surface area contributed by atoms with E-state index in [0.717, 1.165) is 10.6 Å². The fourth-order valence-electron chi connectivity index (χ4n) is 3.21. The molecule has 1 atom stereocenters. The molecule has 4 rings (SSSR count). The number of amidine groups is 1. The van der Waals surface area contributed by atoms with Crippen molar-refractivity contribution >= 4 is 39.6 Å². The molecule has 1 saturated heterocycles. The summed E-state index contributed by atoms with van der Waals surface area (Å²) in [6.07, 6.45) is 0.288. The molecule has 1 amide bonds. The predicted molar refractivity (Wildman–Crippen MR) is 92.4 cm³/mol. The zero-order valence-corrected chi connectivity index (χ0v) is 13.8. The third-order valence-corrected chi connectivity index (χ3v) is 5.39. The molecule has 0 radical (unpaired) electrons. The molecule has 0 saturated carbocycles. The second-order valence-corrected chi connectivity index (χ2v) is 7.25. The lowest BCUT2D eigenvalue weighted by molar-refractivity contribution is 0.0603. The molecule has 1 aromatic heterocycles. The van der Waals surface area contributed by atoms with Crippen LogP contribution in [0.3, 0.4) is 0 Å². The van der Waals surface area contributed by atoms with Gasteiger partial charge in [-0.1, -0.05) is 0 Å². The van der Waals surface area contributed by atoms with Crippen LogP contribution < -0.4 is 10.6 Å². The van der Waals surface area contributed by atoms with Crippen molar-refractivity contribution in [2.24, 2.45) is 10.7 Å². The first kappa shape index (κ1) is 15.0. The molecule has 6 nitrogen and oxygen atoms in total. The maximum atomic E-state index is 12.7. The lowest BCUT2D eigenvalue weighted by Crippen LogP contribution is -2.48. The first-order valence-electron chi connectivity index (χ1n) is 7.54. The fraction of sp³-hybridized carbons (Fsp3) is 0.235. The number of aryl methyl sites for hydroxylation is 1. The van der Waals surface area contributed by atoms with Gasteiger partial charge in [-0.3, -0.25) is 9.59 Å². The number of hydrogen-bond donors (Lipinski definition) is 2. The molecule has 1 aromatic carbocycles. The maximum Gasteiger partial charge on any atom is 0.248 e. The summed E-state index contributed by atoms with van der Waals surface area (Å²) < 4.78 is 0. The highest BCUT2D eigenvalue weighted by Crippen LogP contribution is 2.42. The van der Waals surface area contributed by atoms with Crippen LogP contribution in [0.2, 0.25) is 0 Å². The first-order valence-corrected chi connectivity index (χ1v) is 8.36. The molecule has 24 heavy (non-hydrogen) atoms. The lowest BCUT2D eigenvalue weighted by atomic mass is 9.90. The zero-order chi connectivity index (χ0) is 17.1. The van der Waals surface area contributed by atoms with Gasteiger partial charge >= 0.3 is 0 Å². The van der Waals surface area contributed by atoms with Crippen molar-refractivity contribution in [2.45, 2.75) is 18.9 Å². The van der Waals surface area contributed by atoms with Crippen molar-refractivity contribution in [1.29, 1.82) is 0 Å². The second-order valence-electron chi connectivity index (χ2n) is 6.01. The van der Waals surface area contributed by atoms with Gasteiger partial charge in [0.15, 0.2) is 11.4 Å². The van der Waals surface area contributed by atoms with E-state index in [2.05, 4.69) is 4.99 Å². The van der Waals surface area contributed by atoms with E-state index in [9.17, 15) is 14.7 Å². The number of carbonyl (C=O) groups is 2. The molecule has 3 N–H and O–H groups in total. The molecule has 2 aliphatic heterocycles. The van der Waals surface area contributed by atoms with Gasteiger partial charge in [0.1, 0.15) is 5.00 Å². The molecule has 2 aromatic rings. The minimum absolute atomic E-state index is 0.288. The SMILES string of the molecule is Cc1cc2c(s1)N=C1N(c3ccc(C(N)=O)cc3)CCC1(O)C2=O. The Bertz CT molecular complexity index is 900. The number of carbonyl (C=O) groups excluding carboxylic acids is 2. The summed E-state index contributed by atoms with van der Waals surface area (Å²) in [5.74, 6) is -0.430. The van der Waals surface area contributed by atoms with Gasteiger partial charge in [0.25, 0.3) is 0 Å². The van der Waals surface area contributed by atoms with E-state index in [0.29, 0.717) is 28.5 Å². The van der Waals surface area contributed by atoms with E-state index in [1.807, 2.05) is 11.8 Å². The number of ketones is 1. The van der Waals surface area contributed by atoms with Gasteiger partial charge in [-0.2, -0.15) is 0 Å². The maximum absolute atomic E-state index is 12.7. The number of hydrogen-bond acceptors (Lipinski definition) is 6. The minimum Gasteiger partial charge on any atom is -0.374 e. The number of nitrogens with two attached hydrogens (primary N) is 1. The Balaban J connectivity index is 1.79. The Labute approximate surface area is 142 Å². The fourth-order valence-corrected chi connectivity index (χ4v) is 4.08. The predicted octanol–water partition coefficient (Wildman–Crippen LogP) is 2.02. The van der Waals surface area contributed by atoms with E-state index in [4.69, 9.17) is 5.73 Å². The van der Waals surface area contributed by atoms with Crippen molar-refractivity contribution in [3.8, 4) is 0 Å². The average Bonchev–Trinajstić information content (AvgIpc) is 3.09. The van der Waals surface area contributed by atoms with Crippen LogP contribution in [0.5, 0.6) is 0 Å². The molecule has 2 aliphatic rings. The van der Waals surface area contributed by atoms with Crippen LogP contribution in [-0.4, -0.2) is 34.8 Å². The summed E-state index contributed by atoms with van der Waals surface area (Å²) in [6, 6.07) is 8.52. The Morgan fingerprint density at radius 1 is 1.38 bits per heavy atom. The molecule has 122 valence electrons. The highest BCUT2D eigenvalue weighted by atomic mass is 32.1. The highest BCUT2D eigenvalue weighted by molar-refractivity contribution is 7.16. The number of aliphatic hydroxyl groups is 1. The van der Waals surface area contributed by atoms with Gasteiger partial charge in [-0.05, 0) is 37.3 Å². The number of fused-ring (bicyclic) bond motifs is 2. The van der Waals surface area contributed by atoms with Crippen LogP contribution in [0.4, 0.5) is 10.7 Å². The van der Waals surface area contributed by atoms with Crippen LogP contribution in [0, 0.1) is 6.92 Å². The topological polar surface area (TPSA) is 96.0 Å². The van der Waals surface area contributed by atoms with Gasteiger partial charge in [-0.25, -0.2) is 4.99 Å². The Hall–Kier alpha value is -2.51. The third kappa shape index (κ3) is 2.02. The molecule has 0 bridgehead atoms. The van der Waals surface area contributed by atoms with E-state index < -0.39 is 11.5 Å². The van der Waals surface area contributed by atoms with Gasteiger partial charge in [0.05, 0.1) is 5.56 Å².